The quantitative estimate of drug-likeness (QED) is 0.878. The Morgan fingerprint density at radius 1 is 1.47 bits per heavy atom. The molecule has 0 aliphatic carbocycles. The summed E-state index contributed by atoms with van der Waals surface area (Å²) in [5.74, 6) is 0. The van der Waals surface area contributed by atoms with Crippen molar-refractivity contribution in [1.29, 1.82) is 0 Å². The van der Waals surface area contributed by atoms with Crippen LogP contribution >= 0.6 is 22.9 Å². The van der Waals surface area contributed by atoms with Crippen LogP contribution in [0.1, 0.15) is 22.2 Å². The highest BCUT2D eigenvalue weighted by Gasteiger charge is 2.16. The van der Waals surface area contributed by atoms with Gasteiger partial charge in [-0.1, -0.05) is 11.6 Å². The molecule has 2 aromatic heterocycles. The van der Waals surface area contributed by atoms with Crippen LogP contribution in [0.15, 0.2) is 24.7 Å². The van der Waals surface area contributed by atoms with Gasteiger partial charge in [0.05, 0.1) is 6.20 Å². The number of aliphatic hydroxyl groups is 1. The number of hydrogen-bond donors (Lipinski definition) is 1. The summed E-state index contributed by atoms with van der Waals surface area (Å²) in [7, 11) is 0. The molecule has 2 aromatic rings. The van der Waals surface area contributed by atoms with Crippen LogP contribution in [-0.2, 0) is 0 Å². The molecule has 1 atom stereocenters. The smallest absolute Gasteiger partial charge is 0.132 e. The van der Waals surface area contributed by atoms with Crippen LogP contribution in [-0.4, -0.2) is 15.1 Å². The van der Waals surface area contributed by atoms with Crippen LogP contribution in [0.25, 0.3) is 0 Å². The maximum absolute atomic E-state index is 10.0. The summed E-state index contributed by atoms with van der Waals surface area (Å²) in [5, 5.41) is 10.6. The molecule has 0 aliphatic heterocycles. The molecule has 1 unspecified atom stereocenters. The number of halogens is 1. The van der Waals surface area contributed by atoms with Gasteiger partial charge >= 0.3 is 0 Å². The average molecular weight is 241 g/mol. The van der Waals surface area contributed by atoms with E-state index in [9.17, 15) is 5.11 Å². The highest BCUT2D eigenvalue weighted by atomic mass is 35.5. The van der Waals surface area contributed by atoms with Crippen molar-refractivity contribution in [3.05, 3.63) is 45.1 Å². The standard InChI is InChI=1S/C10H9ClN2OS/c1-6-2-3-12-4-7(6)9(14)10-13-5-8(11)15-10/h2-5,9,14H,1H3. The maximum atomic E-state index is 10.0. The minimum atomic E-state index is -0.740. The molecule has 1 N–H and O–H groups in total. The summed E-state index contributed by atoms with van der Waals surface area (Å²) in [5.41, 5.74) is 1.76. The molecule has 0 fully saturated rings. The monoisotopic (exact) mass is 240 g/mol. The summed E-state index contributed by atoms with van der Waals surface area (Å²) in [6.07, 6.45) is 4.14. The highest BCUT2D eigenvalue weighted by molar-refractivity contribution is 7.15. The molecular weight excluding hydrogens is 232 g/mol. The topological polar surface area (TPSA) is 46.0 Å². The Balaban J connectivity index is 2.36. The lowest BCUT2D eigenvalue weighted by Crippen LogP contribution is -2.01. The Hall–Kier alpha value is -0.970. The van der Waals surface area contributed by atoms with Crippen molar-refractivity contribution in [2.45, 2.75) is 13.0 Å². The van der Waals surface area contributed by atoms with E-state index in [1.807, 2.05) is 13.0 Å². The highest BCUT2D eigenvalue weighted by Crippen LogP contribution is 2.29. The van der Waals surface area contributed by atoms with Crippen LogP contribution in [0, 0.1) is 6.92 Å². The van der Waals surface area contributed by atoms with Gasteiger partial charge < -0.3 is 5.11 Å². The zero-order valence-corrected chi connectivity index (χ0v) is 9.59. The van der Waals surface area contributed by atoms with E-state index in [2.05, 4.69) is 9.97 Å². The fraction of sp³-hybridized carbons (Fsp3) is 0.200. The molecule has 0 saturated carbocycles. The fourth-order valence-corrected chi connectivity index (χ4v) is 2.22. The number of aliphatic hydroxyl groups excluding tert-OH is 1. The van der Waals surface area contributed by atoms with E-state index in [1.54, 1.807) is 12.4 Å². The molecular formula is C10H9ClN2OS. The van der Waals surface area contributed by atoms with Crippen LogP contribution < -0.4 is 0 Å². The van der Waals surface area contributed by atoms with Crippen molar-refractivity contribution < 1.29 is 5.11 Å². The second kappa shape index (κ2) is 4.26. The predicted octanol–water partition coefficient (Wildman–Crippen LogP) is 2.58. The molecule has 0 amide bonds. The van der Waals surface area contributed by atoms with Crippen molar-refractivity contribution in [2.75, 3.05) is 0 Å². The molecule has 15 heavy (non-hydrogen) atoms. The number of hydrogen-bond acceptors (Lipinski definition) is 4. The molecule has 0 radical (unpaired) electrons. The van der Waals surface area contributed by atoms with Gasteiger partial charge in [0.1, 0.15) is 15.4 Å². The van der Waals surface area contributed by atoms with Gasteiger partial charge in [0.2, 0.25) is 0 Å². The minimum Gasteiger partial charge on any atom is -0.381 e. The number of nitrogens with zero attached hydrogens (tertiary/aromatic N) is 2. The normalized spacial score (nSPS) is 12.7. The van der Waals surface area contributed by atoms with Crippen molar-refractivity contribution >= 4 is 22.9 Å². The largest absolute Gasteiger partial charge is 0.381 e. The molecule has 0 bridgehead atoms. The van der Waals surface area contributed by atoms with Gasteiger partial charge in [-0.05, 0) is 18.6 Å². The Morgan fingerprint density at radius 3 is 2.87 bits per heavy atom. The van der Waals surface area contributed by atoms with E-state index in [0.717, 1.165) is 11.1 Å². The van der Waals surface area contributed by atoms with E-state index in [4.69, 9.17) is 11.6 Å². The Labute approximate surface area is 96.4 Å². The van der Waals surface area contributed by atoms with E-state index in [0.29, 0.717) is 9.34 Å². The van der Waals surface area contributed by atoms with Crippen LogP contribution in [0.3, 0.4) is 0 Å². The lowest BCUT2D eigenvalue weighted by Gasteiger charge is -2.09. The number of aryl methyl sites for hydroxylation is 1. The van der Waals surface area contributed by atoms with Gasteiger partial charge in [-0.3, -0.25) is 4.98 Å². The number of aromatic nitrogens is 2. The van der Waals surface area contributed by atoms with Crippen LogP contribution in [0.4, 0.5) is 0 Å². The third kappa shape index (κ3) is 2.17. The number of rotatable bonds is 2. The predicted molar refractivity (Wildman–Crippen MR) is 60.2 cm³/mol. The van der Waals surface area contributed by atoms with Gasteiger partial charge in [-0.15, -0.1) is 11.3 Å². The number of thiazole rings is 1. The third-order valence-corrected chi connectivity index (χ3v) is 3.27. The van der Waals surface area contributed by atoms with Gasteiger partial charge in [0.15, 0.2) is 0 Å². The molecule has 5 heteroatoms. The zero-order valence-electron chi connectivity index (χ0n) is 8.01. The second-order valence-corrected chi connectivity index (χ2v) is 4.83. The number of pyridine rings is 1. The second-order valence-electron chi connectivity index (χ2n) is 3.14. The first-order chi connectivity index (χ1) is 7.18. The van der Waals surface area contributed by atoms with E-state index in [-0.39, 0.29) is 0 Å². The Bertz CT molecular complexity index is 472. The lowest BCUT2D eigenvalue weighted by atomic mass is 10.1. The summed E-state index contributed by atoms with van der Waals surface area (Å²) in [4.78, 5) is 8.02. The van der Waals surface area contributed by atoms with Crippen LogP contribution in [0.2, 0.25) is 4.34 Å². The van der Waals surface area contributed by atoms with E-state index >= 15 is 0 Å². The van der Waals surface area contributed by atoms with Crippen molar-refractivity contribution in [1.82, 2.24) is 9.97 Å². The van der Waals surface area contributed by atoms with Gasteiger partial charge in [0.25, 0.3) is 0 Å². The summed E-state index contributed by atoms with van der Waals surface area (Å²) >= 11 is 7.04. The SMILES string of the molecule is Cc1ccncc1C(O)c1ncc(Cl)s1. The first kappa shape index (κ1) is 10.5. The van der Waals surface area contributed by atoms with Crippen molar-refractivity contribution in [3.8, 4) is 0 Å². The molecule has 0 aliphatic rings. The van der Waals surface area contributed by atoms with Gasteiger partial charge in [0, 0.05) is 18.0 Å². The van der Waals surface area contributed by atoms with Gasteiger partial charge in [-0.2, -0.15) is 0 Å². The molecule has 0 spiro atoms. The first-order valence-electron chi connectivity index (χ1n) is 4.38. The first-order valence-corrected chi connectivity index (χ1v) is 5.57. The molecule has 0 saturated heterocycles. The average Bonchev–Trinajstić information content (AvgIpc) is 2.65. The Morgan fingerprint density at radius 2 is 2.27 bits per heavy atom. The molecule has 0 aromatic carbocycles. The van der Waals surface area contributed by atoms with Gasteiger partial charge in [-0.25, -0.2) is 4.98 Å². The van der Waals surface area contributed by atoms with Crippen molar-refractivity contribution in [3.63, 3.8) is 0 Å². The molecule has 2 heterocycles. The van der Waals surface area contributed by atoms with E-state index < -0.39 is 6.10 Å². The maximum Gasteiger partial charge on any atom is 0.132 e. The fourth-order valence-electron chi connectivity index (χ4n) is 1.29. The van der Waals surface area contributed by atoms with Crippen molar-refractivity contribution in [2.24, 2.45) is 0 Å². The third-order valence-electron chi connectivity index (χ3n) is 2.10. The molecule has 78 valence electrons. The summed E-state index contributed by atoms with van der Waals surface area (Å²) in [6.45, 7) is 1.93. The minimum absolute atomic E-state index is 0.575. The molecule has 2 rings (SSSR count). The summed E-state index contributed by atoms with van der Waals surface area (Å²) < 4.78 is 0.575. The zero-order chi connectivity index (χ0) is 10.8. The lowest BCUT2D eigenvalue weighted by molar-refractivity contribution is 0.218. The van der Waals surface area contributed by atoms with E-state index in [1.165, 1.54) is 17.5 Å². The molecule has 3 nitrogen and oxygen atoms in total. The Kier molecular flexibility index (Phi) is 3.00. The summed E-state index contributed by atoms with van der Waals surface area (Å²) in [6, 6.07) is 1.85. The van der Waals surface area contributed by atoms with Crippen LogP contribution in [0.5, 0.6) is 0 Å².